The Morgan fingerprint density at radius 1 is 1.48 bits per heavy atom. The Morgan fingerprint density at radius 2 is 2.19 bits per heavy atom. The summed E-state index contributed by atoms with van der Waals surface area (Å²) < 4.78 is 0. The van der Waals surface area contributed by atoms with Crippen molar-refractivity contribution >= 4 is 40.9 Å². The lowest BCUT2D eigenvalue weighted by molar-refractivity contribution is -0.132. The molecule has 5 nitrogen and oxygen atoms in total. The maximum atomic E-state index is 12.0. The fourth-order valence-electron chi connectivity index (χ4n) is 1.69. The minimum Gasteiger partial charge on any atom is -0.399 e. The van der Waals surface area contributed by atoms with Gasteiger partial charge >= 0.3 is 0 Å². The van der Waals surface area contributed by atoms with E-state index < -0.39 is 0 Å². The molecule has 0 heterocycles. The molecule has 0 unspecified atom stereocenters. The third-order valence-electron chi connectivity index (χ3n) is 3.06. The second kappa shape index (κ2) is 7.04. The first-order chi connectivity index (χ1) is 9.95. The molecule has 2 amide bonds. The largest absolute Gasteiger partial charge is 0.399 e. The smallest absolute Gasteiger partial charge is 0.239 e. The number of nitrogens with two attached hydrogens (primary N) is 1. The summed E-state index contributed by atoms with van der Waals surface area (Å²) in [7, 11) is 1.62. The first-order valence-electron chi connectivity index (χ1n) is 6.67. The zero-order valence-corrected chi connectivity index (χ0v) is 13.3. The topological polar surface area (TPSA) is 75.4 Å². The van der Waals surface area contributed by atoms with Gasteiger partial charge in [0, 0.05) is 23.7 Å². The number of rotatable bonds is 6. The number of hydrogen-bond donors (Lipinski definition) is 2. The van der Waals surface area contributed by atoms with Crippen LogP contribution < -0.4 is 11.1 Å². The lowest BCUT2D eigenvalue weighted by Crippen LogP contribution is -2.39. The van der Waals surface area contributed by atoms with E-state index >= 15 is 0 Å². The van der Waals surface area contributed by atoms with Gasteiger partial charge in [-0.25, -0.2) is 0 Å². The maximum absolute atomic E-state index is 12.0. The molecule has 1 aromatic carbocycles. The van der Waals surface area contributed by atoms with Crippen LogP contribution in [0.15, 0.2) is 23.1 Å². The van der Waals surface area contributed by atoms with Crippen LogP contribution >= 0.6 is 23.4 Å². The Morgan fingerprint density at radius 3 is 2.81 bits per heavy atom. The van der Waals surface area contributed by atoms with Crippen molar-refractivity contribution in [2.45, 2.75) is 23.8 Å². The van der Waals surface area contributed by atoms with Crippen molar-refractivity contribution in [1.29, 1.82) is 0 Å². The molecule has 1 aliphatic carbocycles. The molecule has 3 N–H and O–H groups in total. The molecule has 1 fully saturated rings. The number of thioether (sulfide) groups is 1. The molecule has 0 saturated heterocycles. The average molecular weight is 328 g/mol. The van der Waals surface area contributed by atoms with Crippen molar-refractivity contribution in [2.24, 2.45) is 0 Å². The van der Waals surface area contributed by atoms with Crippen LogP contribution in [0.3, 0.4) is 0 Å². The first-order valence-corrected chi connectivity index (χ1v) is 8.03. The van der Waals surface area contributed by atoms with E-state index in [1.165, 1.54) is 16.7 Å². The van der Waals surface area contributed by atoms with E-state index in [0.717, 1.165) is 17.7 Å². The van der Waals surface area contributed by atoms with Crippen LogP contribution in [0, 0.1) is 0 Å². The van der Waals surface area contributed by atoms with Crippen molar-refractivity contribution in [3.63, 3.8) is 0 Å². The summed E-state index contributed by atoms with van der Waals surface area (Å²) in [5.41, 5.74) is 6.21. The number of anilines is 1. The van der Waals surface area contributed by atoms with Crippen LogP contribution in [0.2, 0.25) is 5.02 Å². The number of nitrogens with zero attached hydrogens (tertiary/aromatic N) is 1. The number of amides is 2. The fourth-order valence-corrected chi connectivity index (χ4v) is 2.90. The molecular weight excluding hydrogens is 310 g/mol. The number of nitrogens with one attached hydrogen (secondary N) is 1. The van der Waals surface area contributed by atoms with Crippen LogP contribution in [-0.2, 0) is 9.59 Å². The van der Waals surface area contributed by atoms with Gasteiger partial charge < -0.3 is 16.0 Å². The van der Waals surface area contributed by atoms with E-state index in [0.29, 0.717) is 16.8 Å². The highest BCUT2D eigenvalue weighted by molar-refractivity contribution is 8.00. The van der Waals surface area contributed by atoms with Gasteiger partial charge in [-0.05, 0) is 31.0 Å². The highest BCUT2D eigenvalue weighted by Crippen LogP contribution is 2.28. The van der Waals surface area contributed by atoms with Gasteiger partial charge in [-0.2, -0.15) is 0 Å². The van der Waals surface area contributed by atoms with Gasteiger partial charge in [0.1, 0.15) is 0 Å². The Bertz CT molecular complexity index is 549. The quantitative estimate of drug-likeness (QED) is 0.616. The van der Waals surface area contributed by atoms with Crippen molar-refractivity contribution < 1.29 is 9.59 Å². The molecule has 1 saturated carbocycles. The molecule has 0 aliphatic heterocycles. The molecule has 0 atom stereocenters. The molecule has 0 radical (unpaired) electrons. The van der Waals surface area contributed by atoms with Gasteiger partial charge in [-0.3, -0.25) is 9.59 Å². The van der Waals surface area contributed by atoms with E-state index in [4.69, 9.17) is 17.3 Å². The number of hydrogen-bond acceptors (Lipinski definition) is 4. The van der Waals surface area contributed by atoms with Crippen molar-refractivity contribution in [1.82, 2.24) is 10.2 Å². The summed E-state index contributed by atoms with van der Waals surface area (Å²) in [6.07, 6.45) is 2.07. The zero-order chi connectivity index (χ0) is 15.4. The molecular formula is C14H18ClN3O2S. The predicted octanol–water partition coefficient (Wildman–Crippen LogP) is 1.75. The molecule has 21 heavy (non-hydrogen) atoms. The van der Waals surface area contributed by atoms with Crippen LogP contribution in [-0.4, -0.2) is 42.1 Å². The highest BCUT2D eigenvalue weighted by Gasteiger charge is 2.24. The molecule has 0 spiro atoms. The van der Waals surface area contributed by atoms with Crippen molar-refractivity contribution in [3.8, 4) is 0 Å². The standard InChI is InChI=1S/C14H18ClN3O2S/c1-18(7-13(19)17-10-3-4-10)14(20)8-21-12-5-2-9(16)6-11(12)15/h2,5-6,10H,3-4,7-8,16H2,1H3,(H,17,19). The number of halogens is 1. The number of nitrogen functional groups attached to an aromatic ring is 1. The molecule has 0 aromatic heterocycles. The van der Waals surface area contributed by atoms with E-state index in [9.17, 15) is 9.59 Å². The summed E-state index contributed by atoms with van der Waals surface area (Å²) >= 11 is 7.39. The summed E-state index contributed by atoms with van der Waals surface area (Å²) in [4.78, 5) is 25.8. The van der Waals surface area contributed by atoms with Crippen molar-refractivity contribution in [3.05, 3.63) is 23.2 Å². The van der Waals surface area contributed by atoms with Crippen LogP contribution in [0.1, 0.15) is 12.8 Å². The first kappa shape index (κ1) is 16.0. The summed E-state index contributed by atoms with van der Waals surface area (Å²) in [5.74, 6) is 0.0133. The highest BCUT2D eigenvalue weighted by atomic mass is 35.5. The summed E-state index contributed by atoms with van der Waals surface area (Å²) in [6, 6.07) is 5.49. The monoisotopic (exact) mass is 327 g/mol. The van der Waals surface area contributed by atoms with E-state index in [-0.39, 0.29) is 24.1 Å². The number of carbonyl (C=O) groups excluding carboxylic acids is 2. The van der Waals surface area contributed by atoms with Crippen LogP contribution in [0.4, 0.5) is 5.69 Å². The van der Waals surface area contributed by atoms with Gasteiger partial charge in [0.2, 0.25) is 11.8 Å². The zero-order valence-electron chi connectivity index (χ0n) is 11.8. The molecule has 7 heteroatoms. The SMILES string of the molecule is CN(CC(=O)NC1CC1)C(=O)CSc1ccc(N)cc1Cl. The average Bonchev–Trinajstić information content (AvgIpc) is 3.21. The summed E-state index contributed by atoms with van der Waals surface area (Å²) in [6.45, 7) is 0.0887. The number of benzene rings is 1. The van der Waals surface area contributed by atoms with Gasteiger partial charge in [0.15, 0.2) is 0 Å². The maximum Gasteiger partial charge on any atom is 0.239 e. The fraction of sp³-hybridized carbons (Fsp3) is 0.429. The minimum absolute atomic E-state index is 0.0887. The third-order valence-corrected chi connectivity index (χ3v) is 4.54. The normalized spacial score (nSPS) is 13.8. The summed E-state index contributed by atoms with van der Waals surface area (Å²) in [5, 5.41) is 3.38. The van der Waals surface area contributed by atoms with Gasteiger partial charge in [-0.15, -0.1) is 11.8 Å². The Hall–Kier alpha value is -1.40. The van der Waals surface area contributed by atoms with E-state index in [1.807, 2.05) is 0 Å². The Labute approximate surface area is 133 Å². The van der Waals surface area contributed by atoms with Crippen LogP contribution in [0.5, 0.6) is 0 Å². The number of carbonyl (C=O) groups is 2. The minimum atomic E-state index is -0.112. The number of likely N-dealkylation sites (N-methyl/N-ethyl adjacent to an activating group) is 1. The molecule has 1 aliphatic rings. The molecule has 0 bridgehead atoms. The molecule has 2 rings (SSSR count). The third kappa shape index (κ3) is 5.13. The molecule has 114 valence electrons. The second-order valence-electron chi connectivity index (χ2n) is 5.07. The van der Waals surface area contributed by atoms with Gasteiger partial charge in [-0.1, -0.05) is 11.6 Å². The molecule has 1 aromatic rings. The lowest BCUT2D eigenvalue weighted by Gasteiger charge is -2.16. The Balaban J connectivity index is 1.78. The van der Waals surface area contributed by atoms with E-state index in [1.54, 1.807) is 25.2 Å². The van der Waals surface area contributed by atoms with Crippen LogP contribution in [0.25, 0.3) is 0 Å². The van der Waals surface area contributed by atoms with Crippen molar-refractivity contribution in [2.75, 3.05) is 25.1 Å². The lowest BCUT2D eigenvalue weighted by atomic mass is 10.3. The Kier molecular flexibility index (Phi) is 5.36. The van der Waals surface area contributed by atoms with Gasteiger partial charge in [0.25, 0.3) is 0 Å². The second-order valence-corrected chi connectivity index (χ2v) is 6.49. The van der Waals surface area contributed by atoms with Gasteiger partial charge in [0.05, 0.1) is 17.3 Å². The van der Waals surface area contributed by atoms with E-state index in [2.05, 4.69) is 5.32 Å². The predicted molar refractivity (Wildman–Crippen MR) is 85.4 cm³/mol.